The minimum atomic E-state index is 0.783. The van der Waals surface area contributed by atoms with Gasteiger partial charge in [-0.1, -0.05) is 13.8 Å². The van der Waals surface area contributed by atoms with Crippen LogP contribution in [-0.2, 0) is 0 Å². The lowest BCUT2D eigenvalue weighted by Crippen LogP contribution is -2.45. The Labute approximate surface area is 137 Å². The molecule has 2 saturated heterocycles. The molecule has 2 aliphatic heterocycles. The fourth-order valence-electron chi connectivity index (χ4n) is 3.57. The molecule has 2 fully saturated rings. The summed E-state index contributed by atoms with van der Waals surface area (Å²) in [6.45, 7) is 14.9. The summed E-state index contributed by atoms with van der Waals surface area (Å²) in [7, 11) is 0. The first-order valence-corrected chi connectivity index (χ1v) is 9.48. The number of aliphatic imine (C=N–C) groups is 1. The first-order chi connectivity index (χ1) is 10.7. The fourth-order valence-corrected chi connectivity index (χ4v) is 3.57. The summed E-state index contributed by atoms with van der Waals surface area (Å²) in [5.41, 5.74) is 0. The van der Waals surface area contributed by atoms with Crippen molar-refractivity contribution >= 4 is 5.96 Å². The summed E-state index contributed by atoms with van der Waals surface area (Å²) in [5, 5.41) is 3.50. The van der Waals surface area contributed by atoms with Gasteiger partial charge in [-0.2, -0.15) is 0 Å². The molecule has 2 aliphatic rings. The zero-order valence-electron chi connectivity index (χ0n) is 15.0. The molecule has 0 radical (unpaired) electrons. The molecule has 0 aromatic carbocycles. The highest BCUT2D eigenvalue weighted by Gasteiger charge is 2.21. The van der Waals surface area contributed by atoms with Crippen molar-refractivity contribution in [2.24, 2.45) is 16.8 Å². The van der Waals surface area contributed by atoms with E-state index in [4.69, 9.17) is 4.99 Å². The summed E-state index contributed by atoms with van der Waals surface area (Å²) < 4.78 is 0. The second kappa shape index (κ2) is 9.39. The monoisotopic (exact) mass is 308 g/mol. The minimum Gasteiger partial charge on any atom is -0.357 e. The van der Waals surface area contributed by atoms with Crippen molar-refractivity contribution in [3.05, 3.63) is 0 Å². The molecule has 2 heterocycles. The van der Waals surface area contributed by atoms with Gasteiger partial charge in [-0.3, -0.25) is 4.99 Å². The van der Waals surface area contributed by atoms with E-state index in [1.54, 1.807) is 0 Å². The highest BCUT2D eigenvalue weighted by atomic mass is 15.3. The van der Waals surface area contributed by atoms with E-state index in [0.29, 0.717) is 0 Å². The largest absolute Gasteiger partial charge is 0.357 e. The van der Waals surface area contributed by atoms with Gasteiger partial charge in [-0.15, -0.1) is 0 Å². The molecule has 4 heteroatoms. The summed E-state index contributed by atoms with van der Waals surface area (Å²) in [6.07, 6.45) is 6.53. The normalized spacial score (nSPS) is 23.0. The number of nitrogens with zero attached hydrogens (tertiary/aromatic N) is 3. The second-order valence-electron chi connectivity index (χ2n) is 7.15. The van der Waals surface area contributed by atoms with Crippen LogP contribution in [0.25, 0.3) is 0 Å². The zero-order valence-corrected chi connectivity index (χ0v) is 15.0. The molecule has 128 valence electrons. The molecular weight excluding hydrogens is 272 g/mol. The molecule has 4 nitrogen and oxygen atoms in total. The molecular formula is C18H36N4. The Bertz CT molecular complexity index is 326. The molecule has 0 bridgehead atoms. The van der Waals surface area contributed by atoms with Gasteiger partial charge in [-0.05, 0) is 70.5 Å². The fraction of sp³-hybridized carbons (Fsp3) is 0.944. The highest BCUT2D eigenvalue weighted by Crippen LogP contribution is 2.19. The van der Waals surface area contributed by atoms with E-state index in [-0.39, 0.29) is 0 Å². The molecule has 0 aliphatic carbocycles. The van der Waals surface area contributed by atoms with Gasteiger partial charge in [0.25, 0.3) is 0 Å². The SMILES string of the molecule is CCCN1CCC(CN=C(NCC)N2CCC(C)CC2)CC1. The Morgan fingerprint density at radius 1 is 1.05 bits per heavy atom. The lowest BCUT2D eigenvalue weighted by atomic mass is 9.97. The van der Waals surface area contributed by atoms with Crippen LogP contribution in [0.3, 0.4) is 0 Å². The molecule has 0 saturated carbocycles. The predicted octanol–water partition coefficient (Wildman–Crippen LogP) is 2.81. The number of hydrogen-bond donors (Lipinski definition) is 1. The first-order valence-electron chi connectivity index (χ1n) is 9.48. The average molecular weight is 309 g/mol. The quantitative estimate of drug-likeness (QED) is 0.626. The van der Waals surface area contributed by atoms with E-state index in [9.17, 15) is 0 Å². The smallest absolute Gasteiger partial charge is 0.193 e. The summed E-state index contributed by atoms with van der Waals surface area (Å²) in [6, 6.07) is 0. The van der Waals surface area contributed by atoms with Gasteiger partial charge in [0.1, 0.15) is 0 Å². The van der Waals surface area contributed by atoms with Crippen molar-refractivity contribution in [1.82, 2.24) is 15.1 Å². The summed E-state index contributed by atoms with van der Waals surface area (Å²) >= 11 is 0. The van der Waals surface area contributed by atoms with E-state index in [0.717, 1.165) is 30.9 Å². The van der Waals surface area contributed by atoms with E-state index >= 15 is 0 Å². The Morgan fingerprint density at radius 3 is 2.32 bits per heavy atom. The predicted molar refractivity (Wildman–Crippen MR) is 95.4 cm³/mol. The molecule has 1 N–H and O–H groups in total. The van der Waals surface area contributed by atoms with Crippen LogP contribution in [-0.4, -0.2) is 61.6 Å². The number of guanidine groups is 1. The van der Waals surface area contributed by atoms with Gasteiger partial charge in [0.15, 0.2) is 5.96 Å². The van der Waals surface area contributed by atoms with Gasteiger partial charge in [0.05, 0.1) is 0 Å². The third-order valence-electron chi connectivity index (χ3n) is 5.16. The maximum Gasteiger partial charge on any atom is 0.193 e. The van der Waals surface area contributed by atoms with E-state index in [2.05, 4.69) is 35.9 Å². The van der Waals surface area contributed by atoms with Crippen LogP contribution in [0.15, 0.2) is 4.99 Å². The van der Waals surface area contributed by atoms with Crippen molar-refractivity contribution in [1.29, 1.82) is 0 Å². The van der Waals surface area contributed by atoms with Crippen LogP contribution in [0.5, 0.6) is 0 Å². The topological polar surface area (TPSA) is 30.9 Å². The maximum absolute atomic E-state index is 4.97. The van der Waals surface area contributed by atoms with E-state index in [1.165, 1.54) is 64.8 Å². The van der Waals surface area contributed by atoms with Gasteiger partial charge in [0, 0.05) is 26.2 Å². The second-order valence-corrected chi connectivity index (χ2v) is 7.15. The van der Waals surface area contributed by atoms with Crippen molar-refractivity contribution < 1.29 is 0 Å². The number of hydrogen-bond acceptors (Lipinski definition) is 2. The van der Waals surface area contributed by atoms with Crippen LogP contribution in [0.4, 0.5) is 0 Å². The van der Waals surface area contributed by atoms with Gasteiger partial charge in [0.2, 0.25) is 0 Å². The Hall–Kier alpha value is -0.770. The Balaban J connectivity index is 1.80. The first kappa shape index (κ1) is 17.6. The Kier molecular flexibility index (Phi) is 7.50. The number of likely N-dealkylation sites (tertiary alicyclic amines) is 2. The molecule has 0 atom stereocenters. The highest BCUT2D eigenvalue weighted by molar-refractivity contribution is 5.80. The third-order valence-corrected chi connectivity index (χ3v) is 5.16. The lowest BCUT2D eigenvalue weighted by molar-refractivity contribution is 0.187. The van der Waals surface area contributed by atoms with Crippen LogP contribution in [0.2, 0.25) is 0 Å². The number of nitrogens with one attached hydrogen (secondary N) is 1. The summed E-state index contributed by atoms with van der Waals surface area (Å²) in [4.78, 5) is 10.0. The third kappa shape index (κ3) is 5.45. The number of rotatable bonds is 5. The van der Waals surface area contributed by atoms with Crippen LogP contribution < -0.4 is 5.32 Å². The van der Waals surface area contributed by atoms with E-state index < -0.39 is 0 Å². The van der Waals surface area contributed by atoms with Crippen molar-refractivity contribution in [2.75, 3.05) is 45.8 Å². The van der Waals surface area contributed by atoms with Crippen molar-refractivity contribution in [2.45, 2.75) is 52.9 Å². The molecule has 0 aromatic heterocycles. The molecule has 0 unspecified atom stereocenters. The van der Waals surface area contributed by atoms with E-state index in [1.807, 2.05) is 0 Å². The molecule has 0 spiro atoms. The standard InChI is InChI=1S/C18H36N4/c1-4-10-21-11-8-17(9-12-21)15-20-18(19-5-2)22-13-6-16(3)7-14-22/h16-17H,4-15H2,1-3H3,(H,19,20). The van der Waals surface area contributed by atoms with Crippen molar-refractivity contribution in [3.8, 4) is 0 Å². The summed E-state index contributed by atoms with van der Waals surface area (Å²) in [5.74, 6) is 2.82. The Morgan fingerprint density at radius 2 is 1.73 bits per heavy atom. The average Bonchev–Trinajstić information content (AvgIpc) is 2.54. The molecule has 2 rings (SSSR count). The van der Waals surface area contributed by atoms with Crippen molar-refractivity contribution in [3.63, 3.8) is 0 Å². The van der Waals surface area contributed by atoms with Gasteiger partial charge in [-0.25, -0.2) is 0 Å². The van der Waals surface area contributed by atoms with Crippen LogP contribution in [0, 0.1) is 11.8 Å². The number of piperidine rings is 2. The molecule has 0 aromatic rings. The molecule has 0 amide bonds. The van der Waals surface area contributed by atoms with Crippen LogP contribution in [0.1, 0.15) is 52.9 Å². The lowest BCUT2D eigenvalue weighted by Gasteiger charge is -2.34. The molecule has 22 heavy (non-hydrogen) atoms. The maximum atomic E-state index is 4.97. The van der Waals surface area contributed by atoms with Gasteiger partial charge >= 0.3 is 0 Å². The minimum absolute atomic E-state index is 0.783. The van der Waals surface area contributed by atoms with Crippen LogP contribution >= 0.6 is 0 Å². The zero-order chi connectivity index (χ0) is 15.8. The van der Waals surface area contributed by atoms with Gasteiger partial charge < -0.3 is 15.1 Å².